The predicted molar refractivity (Wildman–Crippen MR) is 151 cm³/mol. The fraction of sp³-hybridized carbons (Fsp3) is 0.300. The van der Waals surface area contributed by atoms with Crippen LogP contribution in [0, 0.1) is 6.92 Å². The van der Waals surface area contributed by atoms with Gasteiger partial charge in [-0.1, -0.05) is 86.2 Å². The molecular formula is C30H33N2S2+. The lowest BCUT2D eigenvalue weighted by atomic mass is 10.1. The van der Waals surface area contributed by atoms with Crippen LogP contribution in [0.4, 0.5) is 5.69 Å². The molecule has 1 aliphatic rings. The van der Waals surface area contributed by atoms with Crippen molar-refractivity contribution in [3.8, 4) is 0 Å². The largest absolute Gasteiger partial charge is 0.335 e. The Balaban J connectivity index is 1.51. The van der Waals surface area contributed by atoms with Crippen molar-refractivity contribution in [3.05, 3.63) is 82.3 Å². The summed E-state index contributed by atoms with van der Waals surface area (Å²) in [5.41, 5.74) is 4.06. The van der Waals surface area contributed by atoms with Gasteiger partial charge in [-0.15, -0.1) is 0 Å². The molecule has 4 aromatic rings. The average molecular weight is 486 g/mol. The second-order valence-corrected chi connectivity index (χ2v) is 11.1. The van der Waals surface area contributed by atoms with Gasteiger partial charge < -0.3 is 4.90 Å². The lowest BCUT2D eigenvalue weighted by Crippen LogP contribution is -2.35. The summed E-state index contributed by atoms with van der Waals surface area (Å²) in [5.74, 6) is 0. The van der Waals surface area contributed by atoms with E-state index in [1.54, 1.807) is 0 Å². The molecule has 0 spiro atoms. The van der Waals surface area contributed by atoms with Gasteiger partial charge in [-0.3, -0.25) is 0 Å². The van der Waals surface area contributed by atoms with Gasteiger partial charge in [-0.2, -0.15) is 4.57 Å². The molecule has 2 heterocycles. The minimum absolute atomic E-state index is 1.06. The van der Waals surface area contributed by atoms with Crippen molar-refractivity contribution in [2.75, 3.05) is 11.4 Å². The van der Waals surface area contributed by atoms with Gasteiger partial charge in [0.15, 0.2) is 6.54 Å². The molecule has 0 saturated carbocycles. The normalized spacial score (nSPS) is 14.8. The third-order valence-corrected chi connectivity index (χ3v) is 8.68. The van der Waals surface area contributed by atoms with E-state index in [1.165, 1.54) is 72.9 Å². The molecule has 0 aliphatic carbocycles. The van der Waals surface area contributed by atoms with Gasteiger partial charge in [-0.25, -0.2) is 0 Å². The number of aryl methyl sites for hydroxylation is 2. The maximum absolute atomic E-state index is 2.54. The number of hydrogen-bond acceptors (Lipinski definition) is 3. The number of thiazole rings is 1. The van der Waals surface area contributed by atoms with Crippen LogP contribution in [0.25, 0.3) is 27.1 Å². The fourth-order valence-electron chi connectivity index (χ4n) is 4.63. The number of hydrogen-bond donors (Lipinski definition) is 0. The zero-order valence-corrected chi connectivity index (χ0v) is 22.0. The van der Waals surface area contributed by atoms with Crippen LogP contribution in [0.2, 0.25) is 0 Å². The molecule has 0 saturated heterocycles. The van der Waals surface area contributed by atoms with E-state index in [9.17, 15) is 0 Å². The van der Waals surface area contributed by atoms with Crippen LogP contribution in [0.1, 0.15) is 50.1 Å². The van der Waals surface area contributed by atoms with Crippen LogP contribution in [-0.2, 0) is 6.54 Å². The predicted octanol–water partition coefficient (Wildman–Crippen LogP) is 8.72. The van der Waals surface area contributed by atoms with Crippen molar-refractivity contribution < 1.29 is 4.57 Å². The molecule has 3 aromatic carbocycles. The van der Waals surface area contributed by atoms with Crippen LogP contribution in [0.3, 0.4) is 0 Å². The standard InChI is InChI=1S/C30H33N2S2/c1-4-6-19-31-25-17-15-22(3)21-27(25)34-28(31)13-10-14-29-32(20-7-5-2)30-24-12-9-8-11-23(24)16-18-26(30)33-29/h8-18,21H,4-7,19-20H2,1-3H3/q+1. The molecule has 0 unspecified atom stereocenters. The number of anilines is 1. The summed E-state index contributed by atoms with van der Waals surface area (Å²) >= 11 is 3.80. The van der Waals surface area contributed by atoms with Crippen molar-refractivity contribution in [1.29, 1.82) is 0 Å². The number of allylic oxidation sites excluding steroid dienone is 2. The van der Waals surface area contributed by atoms with Gasteiger partial charge in [0.25, 0.3) is 5.01 Å². The Bertz CT molecular complexity index is 1380. The monoisotopic (exact) mass is 485 g/mol. The van der Waals surface area contributed by atoms with Crippen LogP contribution in [0.15, 0.2) is 76.7 Å². The molecule has 1 aliphatic heterocycles. The Kier molecular flexibility index (Phi) is 7.07. The summed E-state index contributed by atoms with van der Waals surface area (Å²) in [5, 5.41) is 5.33. The van der Waals surface area contributed by atoms with Crippen molar-refractivity contribution in [3.63, 3.8) is 0 Å². The van der Waals surface area contributed by atoms with Crippen molar-refractivity contribution in [1.82, 2.24) is 0 Å². The van der Waals surface area contributed by atoms with Gasteiger partial charge >= 0.3 is 0 Å². The fourth-order valence-corrected chi connectivity index (χ4v) is 6.95. The van der Waals surface area contributed by atoms with E-state index in [4.69, 9.17) is 0 Å². The first kappa shape index (κ1) is 23.2. The smallest absolute Gasteiger partial charge is 0.262 e. The van der Waals surface area contributed by atoms with E-state index in [0.717, 1.165) is 13.1 Å². The molecule has 0 radical (unpaired) electrons. The molecule has 4 heteroatoms. The number of unbranched alkanes of at least 4 members (excludes halogenated alkanes) is 2. The molecule has 0 amide bonds. The molecule has 2 nitrogen and oxygen atoms in total. The average Bonchev–Trinajstić information content (AvgIpc) is 3.38. The number of fused-ring (bicyclic) bond motifs is 4. The first-order valence-corrected chi connectivity index (χ1v) is 14.1. The number of benzene rings is 3. The molecular weight excluding hydrogens is 452 g/mol. The van der Waals surface area contributed by atoms with E-state index in [-0.39, 0.29) is 0 Å². The Morgan fingerprint density at radius 3 is 2.68 bits per heavy atom. The zero-order chi connectivity index (χ0) is 23.5. The van der Waals surface area contributed by atoms with Crippen LogP contribution < -0.4 is 9.47 Å². The van der Waals surface area contributed by atoms with Crippen LogP contribution >= 0.6 is 23.1 Å². The first-order chi connectivity index (χ1) is 16.7. The molecule has 5 rings (SSSR count). The van der Waals surface area contributed by atoms with Crippen molar-refractivity contribution in [2.45, 2.75) is 57.9 Å². The summed E-state index contributed by atoms with van der Waals surface area (Å²) in [6.45, 7) is 8.85. The SMILES string of the molecule is CCCCN1C(=CC=Cc2sc3ccc4ccccc4c3[n+]2CCCC)Sc2cc(C)ccc21. The number of aromatic nitrogens is 1. The molecule has 0 fully saturated rings. The van der Waals surface area contributed by atoms with Gasteiger partial charge in [0, 0.05) is 23.9 Å². The second kappa shape index (κ2) is 10.4. The number of thioether (sulfide) groups is 1. The number of rotatable bonds is 8. The Labute approximate surface area is 211 Å². The Hall–Kier alpha value is -2.56. The highest BCUT2D eigenvalue weighted by atomic mass is 32.2. The number of nitrogens with zero attached hydrogens (tertiary/aromatic N) is 2. The third kappa shape index (κ3) is 4.54. The Morgan fingerprint density at radius 2 is 1.82 bits per heavy atom. The van der Waals surface area contributed by atoms with E-state index in [2.05, 4.69) is 103 Å². The highest BCUT2D eigenvalue weighted by Crippen LogP contribution is 2.46. The quantitative estimate of drug-likeness (QED) is 0.230. The maximum atomic E-state index is 2.54. The van der Waals surface area contributed by atoms with E-state index in [1.807, 2.05) is 23.1 Å². The minimum atomic E-state index is 1.06. The van der Waals surface area contributed by atoms with Gasteiger partial charge in [-0.05, 0) is 54.6 Å². The minimum Gasteiger partial charge on any atom is -0.335 e. The van der Waals surface area contributed by atoms with Crippen LogP contribution in [0.5, 0.6) is 0 Å². The third-order valence-electron chi connectivity index (χ3n) is 6.45. The zero-order valence-electron chi connectivity index (χ0n) is 20.4. The van der Waals surface area contributed by atoms with Gasteiger partial charge in [0.2, 0.25) is 5.52 Å². The Morgan fingerprint density at radius 1 is 0.971 bits per heavy atom. The van der Waals surface area contributed by atoms with Crippen molar-refractivity contribution in [2.24, 2.45) is 0 Å². The topological polar surface area (TPSA) is 7.12 Å². The lowest BCUT2D eigenvalue weighted by Gasteiger charge is -2.19. The highest BCUT2D eigenvalue weighted by molar-refractivity contribution is 8.03. The molecule has 0 N–H and O–H groups in total. The molecule has 0 bridgehead atoms. The summed E-state index contributed by atoms with van der Waals surface area (Å²) in [4.78, 5) is 3.87. The maximum Gasteiger partial charge on any atom is 0.262 e. The molecule has 174 valence electrons. The van der Waals surface area contributed by atoms with E-state index >= 15 is 0 Å². The van der Waals surface area contributed by atoms with Crippen molar-refractivity contribution >= 4 is 55.9 Å². The van der Waals surface area contributed by atoms with Crippen LogP contribution in [-0.4, -0.2) is 6.54 Å². The van der Waals surface area contributed by atoms with Gasteiger partial charge in [0.05, 0.1) is 16.1 Å². The summed E-state index contributed by atoms with van der Waals surface area (Å²) < 4.78 is 3.90. The van der Waals surface area contributed by atoms with E-state index < -0.39 is 0 Å². The lowest BCUT2D eigenvalue weighted by molar-refractivity contribution is -0.668. The molecule has 1 aromatic heterocycles. The van der Waals surface area contributed by atoms with E-state index in [0.29, 0.717) is 0 Å². The molecule has 0 atom stereocenters. The summed E-state index contributed by atoms with van der Waals surface area (Å²) in [7, 11) is 0. The van der Waals surface area contributed by atoms with Gasteiger partial charge in [0.1, 0.15) is 4.70 Å². The second-order valence-electron chi connectivity index (χ2n) is 9.02. The summed E-state index contributed by atoms with van der Waals surface area (Å²) in [6, 6.07) is 20.2. The first-order valence-electron chi connectivity index (χ1n) is 12.5. The summed E-state index contributed by atoms with van der Waals surface area (Å²) in [6.07, 6.45) is 11.7. The highest BCUT2D eigenvalue weighted by Gasteiger charge is 2.24. The molecule has 34 heavy (non-hydrogen) atoms.